The average molecular weight is 264 g/mol. The molecule has 2 heterocycles. The summed E-state index contributed by atoms with van der Waals surface area (Å²) in [4.78, 5) is 10.9. The van der Waals surface area contributed by atoms with Crippen molar-refractivity contribution < 1.29 is 4.74 Å². The summed E-state index contributed by atoms with van der Waals surface area (Å²) in [5.41, 5.74) is 0.990. The lowest BCUT2D eigenvalue weighted by Crippen LogP contribution is -2.26. The van der Waals surface area contributed by atoms with Gasteiger partial charge in [0, 0.05) is 12.6 Å². The summed E-state index contributed by atoms with van der Waals surface area (Å²) in [6.07, 6.45) is 5.21. The number of likely N-dealkylation sites (tertiary alicyclic amines) is 1. The van der Waals surface area contributed by atoms with Crippen LogP contribution in [0.1, 0.15) is 31.7 Å². The number of hydrogen-bond donors (Lipinski definition) is 1. The number of nitrogens with one attached hydrogen (secondary N) is 1. The fraction of sp³-hybridized carbons (Fsp3) is 0.714. The van der Waals surface area contributed by atoms with E-state index in [0.717, 1.165) is 31.0 Å². The molecule has 1 aliphatic rings. The predicted molar refractivity (Wildman–Crippen MR) is 76.7 cm³/mol. The monoisotopic (exact) mass is 264 g/mol. The molecule has 0 aliphatic carbocycles. The maximum absolute atomic E-state index is 5.82. The summed E-state index contributed by atoms with van der Waals surface area (Å²) in [5.74, 6) is 1.57. The van der Waals surface area contributed by atoms with Crippen LogP contribution in [0.3, 0.4) is 0 Å². The highest BCUT2D eigenvalue weighted by molar-refractivity contribution is 5.47. The van der Waals surface area contributed by atoms with Gasteiger partial charge in [-0.1, -0.05) is 0 Å². The zero-order chi connectivity index (χ0) is 13.7. The second kappa shape index (κ2) is 6.70. The Morgan fingerprint density at radius 2 is 2.32 bits per heavy atom. The molecule has 1 aliphatic heterocycles. The molecule has 1 unspecified atom stereocenters. The average Bonchev–Trinajstić information content (AvgIpc) is 2.80. The third kappa shape index (κ3) is 3.56. The molecular formula is C14H24N4O. The van der Waals surface area contributed by atoms with E-state index in [-0.39, 0.29) is 0 Å². The number of rotatable bonds is 6. The zero-order valence-electron chi connectivity index (χ0n) is 12.1. The van der Waals surface area contributed by atoms with E-state index in [4.69, 9.17) is 4.74 Å². The van der Waals surface area contributed by atoms with E-state index < -0.39 is 0 Å². The summed E-state index contributed by atoms with van der Waals surface area (Å²) in [7, 11) is 2.19. The molecule has 5 nitrogen and oxygen atoms in total. The quantitative estimate of drug-likeness (QED) is 0.852. The minimum Gasteiger partial charge on any atom is -0.477 e. The van der Waals surface area contributed by atoms with Crippen molar-refractivity contribution in [2.75, 3.05) is 32.1 Å². The molecule has 0 aromatic carbocycles. The van der Waals surface area contributed by atoms with Crippen LogP contribution in [0.2, 0.25) is 0 Å². The topological polar surface area (TPSA) is 50.3 Å². The van der Waals surface area contributed by atoms with Crippen LogP contribution < -0.4 is 10.1 Å². The van der Waals surface area contributed by atoms with Crippen LogP contribution in [0.4, 0.5) is 5.82 Å². The van der Waals surface area contributed by atoms with Crippen LogP contribution in [0, 0.1) is 6.92 Å². The SMILES string of the molecule is CCNc1ncnc(OCCC2CCCN2C)c1C. The van der Waals surface area contributed by atoms with E-state index in [1.807, 2.05) is 6.92 Å². The highest BCUT2D eigenvalue weighted by atomic mass is 16.5. The van der Waals surface area contributed by atoms with Gasteiger partial charge < -0.3 is 15.0 Å². The zero-order valence-corrected chi connectivity index (χ0v) is 12.1. The van der Waals surface area contributed by atoms with Crippen molar-refractivity contribution in [3.8, 4) is 5.88 Å². The second-order valence-corrected chi connectivity index (χ2v) is 5.10. The highest BCUT2D eigenvalue weighted by Gasteiger charge is 2.20. The van der Waals surface area contributed by atoms with E-state index in [9.17, 15) is 0 Å². The smallest absolute Gasteiger partial charge is 0.221 e. The molecular weight excluding hydrogens is 240 g/mol. The third-order valence-electron chi connectivity index (χ3n) is 3.74. The highest BCUT2D eigenvalue weighted by Crippen LogP contribution is 2.22. The molecule has 0 amide bonds. The van der Waals surface area contributed by atoms with Crippen molar-refractivity contribution in [3.05, 3.63) is 11.9 Å². The fourth-order valence-electron chi connectivity index (χ4n) is 2.56. The molecule has 0 bridgehead atoms. The lowest BCUT2D eigenvalue weighted by molar-refractivity contribution is 0.227. The summed E-state index contributed by atoms with van der Waals surface area (Å²) in [6, 6.07) is 0.662. The molecule has 0 radical (unpaired) electrons. The lowest BCUT2D eigenvalue weighted by Gasteiger charge is -2.19. The van der Waals surface area contributed by atoms with Gasteiger partial charge in [0.05, 0.1) is 12.2 Å². The first kappa shape index (κ1) is 14.1. The Labute approximate surface area is 115 Å². The molecule has 1 atom stereocenters. The van der Waals surface area contributed by atoms with Gasteiger partial charge in [-0.25, -0.2) is 9.97 Å². The number of nitrogens with zero attached hydrogens (tertiary/aromatic N) is 3. The van der Waals surface area contributed by atoms with Crippen molar-refractivity contribution in [2.24, 2.45) is 0 Å². The van der Waals surface area contributed by atoms with Gasteiger partial charge >= 0.3 is 0 Å². The number of anilines is 1. The van der Waals surface area contributed by atoms with E-state index in [1.165, 1.54) is 19.4 Å². The molecule has 0 saturated carbocycles. The molecule has 0 spiro atoms. The van der Waals surface area contributed by atoms with Crippen molar-refractivity contribution in [2.45, 2.75) is 39.2 Å². The lowest BCUT2D eigenvalue weighted by atomic mass is 10.1. The van der Waals surface area contributed by atoms with Crippen molar-refractivity contribution >= 4 is 5.82 Å². The Balaban J connectivity index is 1.87. The van der Waals surface area contributed by atoms with Gasteiger partial charge in [0.25, 0.3) is 0 Å². The van der Waals surface area contributed by atoms with E-state index in [2.05, 4.69) is 34.2 Å². The van der Waals surface area contributed by atoms with E-state index >= 15 is 0 Å². The summed E-state index contributed by atoms with van der Waals surface area (Å²) in [6.45, 7) is 6.83. The van der Waals surface area contributed by atoms with E-state index in [1.54, 1.807) is 6.33 Å². The first-order valence-corrected chi connectivity index (χ1v) is 7.11. The Kier molecular flexibility index (Phi) is 4.96. The van der Waals surface area contributed by atoms with Crippen LogP contribution in [-0.2, 0) is 0 Å². The Morgan fingerprint density at radius 3 is 3.00 bits per heavy atom. The van der Waals surface area contributed by atoms with Crippen LogP contribution in [0.25, 0.3) is 0 Å². The Hall–Kier alpha value is -1.36. The fourth-order valence-corrected chi connectivity index (χ4v) is 2.56. The minimum absolute atomic E-state index is 0.662. The number of ether oxygens (including phenoxy) is 1. The molecule has 106 valence electrons. The molecule has 5 heteroatoms. The summed E-state index contributed by atoms with van der Waals surface area (Å²) < 4.78 is 5.82. The number of hydrogen-bond acceptors (Lipinski definition) is 5. The molecule has 2 rings (SSSR count). The molecule has 1 aromatic heterocycles. The van der Waals surface area contributed by atoms with Crippen LogP contribution in [0.15, 0.2) is 6.33 Å². The summed E-state index contributed by atoms with van der Waals surface area (Å²) in [5, 5.41) is 3.22. The van der Waals surface area contributed by atoms with Crippen LogP contribution in [0.5, 0.6) is 5.88 Å². The Bertz CT molecular complexity index is 410. The van der Waals surface area contributed by atoms with Crippen molar-refractivity contribution in [1.29, 1.82) is 0 Å². The normalized spacial score (nSPS) is 19.6. The molecule has 1 N–H and O–H groups in total. The van der Waals surface area contributed by atoms with Gasteiger partial charge in [-0.3, -0.25) is 0 Å². The standard InChI is InChI=1S/C14H24N4O/c1-4-15-13-11(2)14(17-10-16-13)19-9-7-12-6-5-8-18(12)3/h10,12H,4-9H2,1-3H3,(H,15,16,17). The maximum atomic E-state index is 5.82. The van der Waals surface area contributed by atoms with Gasteiger partial charge in [-0.05, 0) is 46.7 Å². The first-order valence-electron chi connectivity index (χ1n) is 7.11. The van der Waals surface area contributed by atoms with Crippen LogP contribution >= 0.6 is 0 Å². The molecule has 19 heavy (non-hydrogen) atoms. The largest absolute Gasteiger partial charge is 0.477 e. The van der Waals surface area contributed by atoms with Gasteiger partial charge in [-0.2, -0.15) is 0 Å². The van der Waals surface area contributed by atoms with Gasteiger partial charge in [0.2, 0.25) is 5.88 Å². The Morgan fingerprint density at radius 1 is 1.47 bits per heavy atom. The molecule has 1 saturated heterocycles. The summed E-state index contributed by atoms with van der Waals surface area (Å²) >= 11 is 0. The van der Waals surface area contributed by atoms with Gasteiger partial charge in [0.1, 0.15) is 12.1 Å². The molecule has 1 fully saturated rings. The van der Waals surface area contributed by atoms with Gasteiger partial charge in [-0.15, -0.1) is 0 Å². The minimum atomic E-state index is 0.662. The second-order valence-electron chi connectivity index (χ2n) is 5.10. The molecule has 1 aromatic rings. The van der Waals surface area contributed by atoms with Crippen molar-refractivity contribution in [1.82, 2.24) is 14.9 Å². The third-order valence-corrected chi connectivity index (χ3v) is 3.74. The van der Waals surface area contributed by atoms with Gasteiger partial charge in [0.15, 0.2) is 0 Å². The first-order chi connectivity index (χ1) is 9.22. The predicted octanol–water partition coefficient (Wildman–Crippen LogP) is 2.08. The number of aromatic nitrogens is 2. The van der Waals surface area contributed by atoms with Crippen LogP contribution in [-0.4, -0.2) is 47.7 Å². The maximum Gasteiger partial charge on any atom is 0.221 e. The van der Waals surface area contributed by atoms with E-state index in [0.29, 0.717) is 11.9 Å². The van der Waals surface area contributed by atoms with Crippen molar-refractivity contribution in [3.63, 3.8) is 0 Å².